The molecule has 0 aromatic heterocycles. The Hall–Kier alpha value is -2.07. The predicted octanol–water partition coefficient (Wildman–Crippen LogP) is 5.06. The van der Waals surface area contributed by atoms with Crippen molar-refractivity contribution >= 4 is 16.7 Å². The van der Waals surface area contributed by atoms with E-state index in [1.165, 1.54) is 13.3 Å². The van der Waals surface area contributed by atoms with Crippen molar-refractivity contribution in [2.24, 2.45) is 17.8 Å². The van der Waals surface area contributed by atoms with E-state index in [4.69, 9.17) is 9.47 Å². The van der Waals surface area contributed by atoms with E-state index >= 15 is 0 Å². The first-order chi connectivity index (χ1) is 13.2. The van der Waals surface area contributed by atoms with Crippen molar-refractivity contribution in [2.75, 3.05) is 7.11 Å². The maximum absolute atomic E-state index is 13.0. The molecule has 0 bridgehead atoms. The fourth-order valence-electron chi connectivity index (χ4n) is 4.27. The highest BCUT2D eigenvalue weighted by Crippen LogP contribution is 2.37. The highest BCUT2D eigenvalue weighted by molar-refractivity contribution is 5.87. The fourth-order valence-corrected chi connectivity index (χ4v) is 4.27. The summed E-state index contributed by atoms with van der Waals surface area (Å²) in [5.74, 6) is 1.54. The van der Waals surface area contributed by atoms with Gasteiger partial charge in [-0.15, -0.1) is 0 Å². The normalized spacial score (nSPS) is 24.8. The van der Waals surface area contributed by atoms with Crippen LogP contribution in [0.15, 0.2) is 36.4 Å². The molecule has 1 aliphatic rings. The molecule has 1 saturated carbocycles. The van der Waals surface area contributed by atoms with Gasteiger partial charge in [-0.2, -0.15) is 0 Å². The number of carbonyl (C=O) groups excluding carboxylic acids is 1. The van der Waals surface area contributed by atoms with Crippen LogP contribution >= 0.6 is 0 Å². The Morgan fingerprint density at radius 2 is 1.82 bits per heavy atom. The Labute approximate surface area is 167 Å². The van der Waals surface area contributed by atoms with Crippen LogP contribution in [-0.2, 0) is 15.1 Å². The molecular formula is C24H32O4. The van der Waals surface area contributed by atoms with Crippen LogP contribution in [0.4, 0.5) is 0 Å². The third kappa shape index (κ3) is 4.17. The first kappa shape index (κ1) is 20.7. The molecule has 0 spiro atoms. The zero-order valence-corrected chi connectivity index (χ0v) is 17.6. The van der Waals surface area contributed by atoms with Crippen LogP contribution in [0.3, 0.4) is 0 Å². The molecule has 1 fully saturated rings. The number of carbonyl (C=O) groups is 1. The van der Waals surface area contributed by atoms with Gasteiger partial charge < -0.3 is 14.6 Å². The van der Waals surface area contributed by atoms with Gasteiger partial charge in [-0.3, -0.25) is 0 Å². The molecular weight excluding hydrogens is 352 g/mol. The maximum atomic E-state index is 13.0. The largest absolute Gasteiger partial charge is 0.497 e. The minimum atomic E-state index is -1.68. The van der Waals surface area contributed by atoms with Crippen molar-refractivity contribution in [3.8, 4) is 5.75 Å². The van der Waals surface area contributed by atoms with Gasteiger partial charge in [-0.25, -0.2) is 4.79 Å². The molecule has 2 aromatic carbocycles. The molecule has 0 amide bonds. The monoisotopic (exact) mass is 384 g/mol. The first-order valence-electron chi connectivity index (χ1n) is 10.2. The number of methoxy groups -OCH3 is 1. The van der Waals surface area contributed by atoms with E-state index in [-0.39, 0.29) is 6.10 Å². The zero-order chi connectivity index (χ0) is 20.5. The number of hydrogen-bond donors (Lipinski definition) is 1. The number of rotatable bonds is 5. The van der Waals surface area contributed by atoms with E-state index in [1.807, 2.05) is 30.3 Å². The van der Waals surface area contributed by atoms with Crippen LogP contribution in [0.5, 0.6) is 5.75 Å². The third-order valence-corrected chi connectivity index (χ3v) is 6.23. The Morgan fingerprint density at radius 3 is 2.50 bits per heavy atom. The van der Waals surface area contributed by atoms with Crippen LogP contribution in [0, 0.1) is 17.8 Å². The van der Waals surface area contributed by atoms with Crippen LogP contribution in [0.2, 0.25) is 0 Å². The lowest BCUT2D eigenvalue weighted by Gasteiger charge is -2.38. The van der Waals surface area contributed by atoms with E-state index in [9.17, 15) is 9.90 Å². The second-order valence-corrected chi connectivity index (χ2v) is 8.77. The molecule has 4 heteroatoms. The van der Waals surface area contributed by atoms with Crippen molar-refractivity contribution in [1.29, 1.82) is 0 Å². The number of fused-ring (bicyclic) bond motifs is 1. The second kappa shape index (κ2) is 8.12. The van der Waals surface area contributed by atoms with Gasteiger partial charge in [0.05, 0.1) is 7.11 Å². The van der Waals surface area contributed by atoms with Crippen LogP contribution < -0.4 is 4.74 Å². The van der Waals surface area contributed by atoms with Crippen molar-refractivity contribution in [3.05, 3.63) is 42.0 Å². The van der Waals surface area contributed by atoms with Gasteiger partial charge in [0.15, 0.2) is 5.60 Å². The van der Waals surface area contributed by atoms with Crippen molar-refractivity contribution in [3.63, 3.8) is 0 Å². The summed E-state index contributed by atoms with van der Waals surface area (Å²) in [4.78, 5) is 13.0. The lowest BCUT2D eigenvalue weighted by atomic mass is 9.75. The van der Waals surface area contributed by atoms with E-state index < -0.39 is 11.6 Å². The Bertz CT molecular complexity index is 840. The average molecular weight is 385 g/mol. The maximum Gasteiger partial charge on any atom is 0.342 e. The summed E-state index contributed by atoms with van der Waals surface area (Å²) in [7, 11) is 1.63. The molecule has 0 radical (unpaired) electrons. The summed E-state index contributed by atoms with van der Waals surface area (Å²) in [5, 5.41) is 13.0. The molecule has 0 saturated heterocycles. The average Bonchev–Trinajstić information content (AvgIpc) is 2.66. The van der Waals surface area contributed by atoms with Crippen LogP contribution in [0.1, 0.15) is 52.5 Å². The Kier molecular flexibility index (Phi) is 5.99. The quantitative estimate of drug-likeness (QED) is 0.732. The lowest BCUT2D eigenvalue weighted by molar-refractivity contribution is -0.177. The molecule has 28 heavy (non-hydrogen) atoms. The number of hydrogen-bond acceptors (Lipinski definition) is 4. The molecule has 2 aromatic rings. The summed E-state index contributed by atoms with van der Waals surface area (Å²) in [5.41, 5.74) is -1.14. The smallest absolute Gasteiger partial charge is 0.342 e. The molecule has 4 unspecified atom stereocenters. The summed E-state index contributed by atoms with van der Waals surface area (Å²) >= 11 is 0. The van der Waals surface area contributed by atoms with Gasteiger partial charge >= 0.3 is 5.97 Å². The van der Waals surface area contributed by atoms with Gasteiger partial charge in [-0.1, -0.05) is 45.4 Å². The number of benzene rings is 2. The van der Waals surface area contributed by atoms with E-state index in [0.29, 0.717) is 23.3 Å². The summed E-state index contributed by atoms with van der Waals surface area (Å²) in [6, 6.07) is 11.3. The molecule has 1 aliphatic carbocycles. The Morgan fingerprint density at radius 1 is 1.14 bits per heavy atom. The number of esters is 1. The second-order valence-electron chi connectivity index (χ2n) is 8.77. The summed E-state index contributed by atoms with van der Waals surface area (Å²) < 4.78 is 11.2. The van der Waals surface area contributed by atoms with Crippen LogP contribution in [0.25, 0.3) is 10.8 Å². The minimum Gasteiger partial charge on any atom is -0.497 e. The summed E-state index contributed by atoms with van der Waals surface area (Å²) in [6.45, 7) is 8.08. The molecule has 0 heterocycles. The minimum absolute atomic E-state index is 0.132. The van der Waals surface area contributed by atoms with E-state index in [0.717, 1.165) is 29.4 Å². The van der Waals surface area contributed by atoms with Gasteiger partial charge in [-0.05, 0) is 72.1 Å². The lowest BCUT2D eigenvalue weighted by Crippen LogP contribution is -2.42. The third-order valence-electron chi connectivity index (χ3n) is 6.23. The molecule has 4 nitrogen and oxygen atoms in total. The van der Waals surface area contributed by atoms with E-state index in [1.54, 1.807) is 13.2 Å². The zero-order valence-electron chi connectivity index (χ0n) is 17.6. The standard InChI is InChI=1S/C24H32O4/c1-15(2)21-11-6-16(3)12-22(21)28-23(25)24(4,26)19-9-7-18-14-20(27-5)10-8-17(18)13-19/h7-10,13-16,21-22,26H,6,11-12H2,1-5H3. The van der Waals surface area contributed by atoms with Crippen molar-refractivity contribution < 1.29 is 19.4 Å². The summed E-state index contributed by atoms with van der Waals surface area (Å²) in [6.07, 6.45) is 2.97. The fraction of sp³-hybridized carbons (Fsp3) is 0.542. The van der Waals surface area contributed by atoms with Gasteiger partial charge in [0.25, 0.3) is 0 Å². The van der Waals surface area contributed by atoms with Gasteiger partial charge in [0.1, 0.15) is 11.9 Å². The van der Waals surface area contributed by atoms with Crippen LogP contribution in [-0.4, -0.2) is 24.3 Å². The van der Waals surface area contributed by atoms with Gasteiger partial charge in [0, 0.05) is 0 Å². The number of aliphatic hydroxyl groups is 1. The Balaban J connectivity index is 1.82. The highest BCUT2D eigenvalue weighted by atomic mass is 16.6. The number of ether oxygens (including phenoxy) is 2. The molecule has 152 valence electrons. The topological polar surface area (TPSA) is 55.8 Å². The molecule has 1 N–H and O–H groups in total. The molecule has 4 atom stereocenters. The SMILES string of the molecule is COc1ccc2cc(C(C)(O)C(=O)OC3CC(C)CCC3C(C)C)ccc2c1. The van der Waals surface area contributed by atoms with Crippen molar-refractivity contribution in [1.82, 2.24) is 0 Å². The van der Waals surface area contributed by atoms with Crippen molar-refractivity contribution in [2.45, 2.75) is 58.7 Å². The molecule has 3 rings (SSSR count). The van der Waals surface area contributed by atoms with E-state index in [2.05, 4.69) is 20.8 Å². The van der Waals surface area contributed by atoms with Gasteiger partial charge in [0.2, 0.25) is 0 Å². The first-order valence-corrected chi connectivity index (χ1v) is 10.2. The highest BCUT2D eigenvalue weighted by Gasteiger charge is 2.40. The predicted molar refractivity (Wildman–Crippen MR) is 111 cm³/mol. The molecule has 0 aliphatic heterocycles.